The lowest BCUT2D eigenvalue weighted by molar-refractivity contribution is 0.0637. The third-order valence-electron chi connectivity index (χ3n) is 2.25. The van der Waals surface area contributed by atoms with Crippen LogP contribution in [0.25, 0.3) is 0 Å². The van der Waals surface area contributed by atoms with Gasteiger partial charge in [0.25, 0.3) is 0 Å². The highest BCUT2D eigenvalue weighted by molar-refractivity contribution is 4.80. The molecule has 0 bridgehead atoms. The van der Waals surface area contributed by atoms with Gasteiger partial charge in [-0.2, -0.15) is 0 Å². The van der Waals surface area contributed by atoms with Crippen LogP contribution in [0.15, 0.2) is 0 Å². The Kier molecular flexibility index (Phi) is 5.51. The van der Waals surface area contributed by atoms with Gasteiger partial charge in [-0.15, -0.1) is 0 Å². The van der Waals surface area contributed by atoms with E-state index < -0.39 is 0 Å². The molecular formula is C10H23NO. The number of nitrogens with two attached hydrogens (primary N) is 1. The maximum Gasteiger partial charge on any atom is 0.0646 e. The first-order valence-electron chi connectivity index (χ1n) is 4.90. The fraction of sp³-hybridized carbons (Fsp3) is 1.00. The lowest BCUT2D eigenvalue weighted by Gasteiger charge is -2.26. The van der Waals surface area contributed by atoms with Crippen LogP contribution in [-0.4, -0.2) is 18.8 Å². The van der Waals surface area contributed by atoms with Crippen molar-refractivity contribution in [3.8, 4) is 0 Å². The van der Waals surface area contributed by atoms with Gasteiger partial charge in [0.2, 0.25) is 0 Å². The zero-order valence-electron chi connectivity index (χ0n) is 8.89. The minimum atomic E-state index is -0.102. The molecule has 0 aromatic carbocycles. The molecular weight excluding hydrogens is 150 g/mol. The van der Waals surface area contributed by atoms with Crippen molar-refractivity contribution in [1.82, 2.24) is 0 Å². The molecule has 0 aliphatic rings. The molecule has 0 heterocycles. The number of ether oxygens (including phenoxy) is 1. The molecule has 0 aliphatic carbocycles. The van der Waals surface area contributed by atoms with Gasteiger partial charge in [0.05, 0.1) is 6.61 Å². The Morgan fingerprint density at radius 2 is 1.75 bits per heavy atom. The lowest BCUT2D eigenvalue weighted by Crippen LogP contribution is -2.43. The van der Waals surface area contributed by atoms with Crippen molar-refractivity contribution in [1.29, 1.82) is 0 Å². The van der Waals surface area contributed by atoms with Crippen molar-refractivity contribution in [3.05, 3.63) is 0 Å². The molecule has 2 N–H and O–H groups in total. The van der Waals surface area contributed by atoms with Crippen molar-refractivity contribution in [2.24, 2.45) is 11.7 Å². The van der Waals surface area contributed by atoms with E-state index in [0.29, 0.717) is 12.5 Å². The summed E-state index contributed by atoms with van der Waals surface area (Å²) in [5.41, 5.74) is 5.96. The first-order valence-corrected chi connectivity index (χ1v) is 4.90. The van der Waals surface area contributed by atoms with Gasteiger partial charge in [-0.25, -0.2) is 0 Å². The predicted octanol–water partition coefficient (Wildman–Crippen LogP) is 2.18. The van der Waals surface area contributed by atoms with Gasteiger partial charge >= 0.3 is 0 Å². The van der Waals surface area contributed by atoms with E-state index >= 15 is 0 Å². The predicted molar refractivity (Wildman–Crippen MR) is 53.2 cm³/mol. The van der Waals surface area contributed by atoms with Crippen LogP contribution in [0.4, 0.5) is 0 Å². The quantitative estimate of drug-likeness (QED) is 0.668. The topological polar surface area (TPSA) is 35.2 Å². The zero-order valence-corrected chi connectivity index (χ0v) is 8.89. The van der Waals surface area contributed by atoms with Crippen LogP contribution in [0.5, 0.6) is 0 Å². The molecule has 0 aromatic heterocycles. The van der Waals surface area contributed by atoms with Gasteiger partial charge in [-0.05, 0) is 18.8 Å². The van der Waals surface area contributed by atoms with Gasteiger partial charge in [-0.3, -0.25) is 0 Å². The maximum atomic E-state index is 6.06. The van der Waals surface area contributed by atoms with Gasteiger partial charge in [0.15, 0.2) is 0 Å². The number of rotatable bonds is 6. The van der Waals surface area contributed by atoms with E-state index in [4.69, 9.17) is 10.5 Å². The molecule has 2 heteroatoms. The Balaban J connectivity index is 3.58. The summed E-state index contributed by atoms with van der Waals surface area (Å²) in [5.74, 6) is 0.600. The summed E-state index contributed by atoms with van der Waals surface area (Å²) in [7, 11) is 0. The summed E-state index contributed by atoms with van der Waals surface area (Å²) in [6.07, 6.45) is 1.98. The molecule has 0 spiro atoms. The fourth-order valence-electron chi connectivity index (χ4n) is 0.952. The number of hydrogen-bond donors (Lipinski definition) is 1. The van der Waals surface area contributed by atoms with Crippen LogP contribution in [0.3, 0.4) is 0 Å². The Labute approximate surface area is 76.5 Å². The summed E-state index contributed by atoms with van der Waals surface area (Å²) < 4.78 is 5.52. The van der Waals surface area contributed by atoms with E-state index in [1.807, 2.05) is 0 Å². The third-order valence-corrected chi connectivity index (χ3v) is 2.25. The molecule has 0 aromatic rings. The molecule has 0 saturated heterocycles. The SMILES string of the molecule is CCC(N)(CC)COCC(C)C. The van der Waals surface area contributed by atoms with Crippen LogP contribution in [-0.2, 0) is 4.74 Å². The first kappa shape index (κ1) is 11.9. The van der Waals surface area contributed by atoms with Crippen LogP contribution < -0.4 is 5.73 Å². The van der Waals surface area contributed by atoms with Gasteiger partial charge < -0.3 is 10.5 Å². The Bertz CT molecular complexity index is 108. The van der Waals surface area contributed by atoms with Gasteiger partial charge in [0, 0.05) is 12.1 Å². The van der Waals surface area contributed by atoms with Crippen molar-refractivity contribution in [2.45, 2.75) is 46.1 Å². The van der Waals surface area contributed by atoms with Crippen LogP contribution in [0, 0.1) is 5.92 Å². The Morgan fingerprint density at radius 1 is 1.25 bits per heavy atom. The molecule has 0 radical (unpaired) electrons. The molecule has 2 nitrogen and oxygen atoms in total. The second-order valence-electron chi connectivity index (χ2n) is 3.98. The van der Waals surface area contributed by atoms with Crippen molar-refractivity contribution >= 4 is 0 Å². The second-order valence-corrected chi connectivity index (χ2v) is 3.98. The highest BCUT2D eigenvalue weighted by atomic mass is 16.5. The second kappa shape index (κ2) is 5.55. The molecule has 0 aliphatic heterocycles. The highest BCUT2D eigenvalue weighted by Crippen LogP contribution is 2.11. The zero-order chi connectivity index (χ0) is 9.61. The van der Waals surface area contributed by atoms with E-state index in [1.165, 1.54) is 0 Å². The monoisotopic (exact) mass is 173 g/mol. The van der Waals surface area contributed by atoms with E-state index in [9.17, 15) is 0 Å². The number of hydrogen-bond acceptors (Lipinski definition) is 2. The minimum Gasteiger partial charge on any atom is -0.379 e. The summed E-state index contributed by atoms with van der Waals surface area (Å²) in [6, 6.07) is 0. The molecule has 0 fully saturated rings. The van der Waals surface area contributed by atoms with E-state index in [2.05, 4.69) is 27.7 Å². The largest absolute Gasteiger partial charge is 0.379 e. The summed E-state index contributed by atoms with van der Waals surface area (Å²) in [4.78, 5) is 0. The van der Waals surface area contributed by atoms with Crippen molar-refractivity contribution in [3.63, 3.8) is 0 Å². The van der Waals surface area contributed by atoms with Crippen molar-refractivity contribution < 1.29 is 4.74 Å². The summed E-state index contributed by atoms with van der Waals surface area (Å²) in [5, 5.41) is 0. The van der Waals surface area contributed by atoms with Crippen LogP contribution in [0.1, 0.15) is 40.5 Å². The molecule has 12 heavy (non-hydrogen) atoms. The van der Waals surface area contributed by atoms with Gasteiger partial charge in [0.1, 0.15) is 0 Å². The molecule has 0 amide bonds. The molecule has 0 atom stereocenters. The average molecular weight is 173 g/mol. The van der Waals surface area contributed by atoms with E-state index in [1.54, 1.807) is 0 Å². The highest BCUT2D eigenvalue weighted by Gasteiger charge is 2.20. The minimum absolute atomic E-state index is 0.102. The third kappa shape index (κ3) is 4.73. The standard InChI is InChI=1S/C10H23NO/c1-5-10(11,6-2)8-12-7-9(3)4/h9H,5-8,11H2,1-4H3. The molecule has 0 unspecified atom stereocenters. The summed E-state index contributed by atoms with van der Waals surface area (Å²) in [6.45, 7) is 10.0. The normalized spacial score (nSPS) is 12.5. The van der Waals surface area contributed by atoms with Crippen molar-refractivity contribution in [2.75, 3.05) is 13.2 Å². The summed E-state index contributed by atoms with van der Waals surface area (Å²) >= 11 is 0. The maximum absolute atomic E-state index is 6.06. The van der Waals surface area contributed by atoms with Gasteiger partial charge in [-0.1, -0.05) is 27.7 Å². The Hall–Kier alpha value is -0.0800. The van der Waals surface area contributed by atoms with Crippen LogP contribution in [0.2, 0.25) is 0 Å². The molecule has 0 rings (SSSR count). The van der Waals surface area contributed by atoms with E-state index in [-0.39, 0.29) is 5.54 Å². The average Bonchev–Trinajstić information content (AvgIpc) is 2.03. The lowest BCUT2D eigenvalue weighted by atomic mass is 9.96. The smallest absolute Gasteiger partial charge is 0.0646 e. The Morgan fingerprint density at radius 3 is 2.08 bits per heavy atom. The molecule has 74 valence electrons. The fourth-order valence-corrected chi connectivity index (χ4v) is 0.952. The van der Waals surface area contributed by atoms with E-state index in [0.717, 1.165) is 19.4 Å². The first-order chi connectivity index (χ1) is 5.54. The van der Waals surface area contributed by atoms with Crippen LogP contribution >= 0.6 is 0 Å². The molecule has 0 saturated carbocycles.